The molecule has 1 aromatic rings. The molecule has 1 unspecified atom stereocenters. The van der Waals surface area contributed by atoms with Crippen LogP contribution in [0.15, 0.2) is 18.2 Å². The molecule has 3 rings (SSSR count). The van der Waals surface area contributed by atoms with Crippen molar-refractivity contribution in [3.05, 3.63) is 33.9 Å². The topological polar surface area (TPSA) is 102 Å². The molecule has 1 aliphatic heterocycles. The van der Waals surface area contributed by atoms with Crippen molar-refractivity contribution in [2.24, 2.45) is 0 Å². The molecule has 2 fully saturated rings. The molecule has 8 heteroatoms. The quantitative estimate of drug-likeness (QED) is 0.480. The van der Waals surface area contributed by atoms with Crippen LogP contribution in [0.5, 0.6) is 0 Å². The number of carbonyl (C=O) groups is 2. The number of hydrogen-bond acceptors (Lipinski definition) is 6. The highest BCUT2D eigenvalue weighted by Gasteiger charge is 2.28. The standard InChI is InChI=1S/C17H21N3O5/c1-11(16(21)18-13-5-6-13)25-17(22)12-4-7-14(15(10-12)20(23)24)19-8-2-3-9-19/h4,7,10-11,13H,2-3,5-6,8-9H2,1H3,(H,18,21). The predicted molar refractivity (Wildman–Crippen MR) is 90.6 cm³/mol. The molecule has 8 nitrogen and oxygen atoms in total. The third-order valence-electron chi connectivity index (χ3n) is 4.43. The van der Waals surface area contributed by atoms with E-state index in [0.717, 1.165) is 38.8 Å². The van der Waals surface area contributed by atoms with Gasteiger partial charge in [0.2, 0.25) is 0 Å². The van der Waals surface area contributed by atoms with Crippen molar-refractivity contribution in [1.29, 1.82) is 0 Å². The van der Waals surface area contributed by atoms with Gasteiger partial charge >= 0.3 is 5.97 Å². The van der Waals surface area contributed by atoms with Crippen LogP contribution in [0.4, 0.5) is 11.4 Å². The van der Waals surface area contributed by atoms with Gasteiger partial charge in [0.15, 0.2) is 6.10 Å². The van der Waals surface area contributed by atoms with Gasteiger partial charge in [-0.2, -0.15) is 0 Å². The lowest BCUT2D eigenvalue weighted by Gasteiger charge is -2.18. The molecule has 0 spiro atoms. The Morgan fingerprint density at radius 1 is 1.32 bits per heavy atom. The van der Waals surface area contributed by atoms with Gasteiger partial charge in [0, 0.05) is 25.2 Å². The van der Waals surface area contributed by atoms with Gasteiger partial charge in [0.25, 0.3) is 11.6 Å². The van der Waals surface area contributed by atoms with Crippen LogP contribution in [0.2, 0.25) is 0 Å². The Hall–Kier alpha value is -2.64. The molecule has 25 heavy (non-hydrogen) atoms. The van der Waals surface area contributed by atoms with E-state index >= 15 is 0 Å². The Bertz CT molecular complexity index is 696. The smallest absolute Gasteiger partial charge is 0.339 e. The summed E-state index contributed by atoms with van der Waals surface area (Å²) in [5, 5.41) is 14.1. The van der Waals surface area contributed by atoms with Gasteiger partial charge in [-0.25, -0.2) is 4.79 Å². The summed E-state index contributed by atoms with van der Waals surface area (Å²) in [6.07, 6.45) is 2.93. The molecular formula is C17H21N3O5. The molecule has 2 aliphatic rings. The number of carbonyl (C=O) groups excluding carboxylic acids is 2. The predicted octanol–water partition coefficient (Wildman–Crippen LogP) is 2.02. The maximum Gasteiger partial charge on any atom is 0.339 e. The molecule has 1 amide bonds. The monoisotopic (exact) mass is 347 g/mol. The largest absolute Gasteiger partial charge is 0.449 e. The van der Waals surface area contributed by atoms with Crippen LogP contribution in [-0.4, -0.2) is 42.0 Å². The van der Waals surface area contributed by atoms with Crippen LogP contribution >= 0.6 is 0 Å². The normalized spacial score (nSPS) is 17.9. The lowest BCUT2D eigenvalue weighted by Crippen LogP contribution is -2.37. The van der Waals surface area contributed by atoms with Gasteiger partial charge in [-0.3, -0.25) is 14.9 Å². The molecular weight excluding hydrogens is 326 g/mol. The number of nitrogens with zero attached hydrogens (tertiary/aromatic N) is 2. The van der Waals surface area contributed by atoms with Crippen molar-refractivity contribution in [2.75, 3.05) is 18.0 Å². The molecule has 0 aromatic heterocycles. The average Bonchev–Trinajstić information content (AvgIpc) is 3.23. The summed E-state index contributed by atoms with van der Waals surface area (Å²) in [6, 6.07) is 4.49. The zero-order chi connectivity index (χ0) is 18.0. The van der Waals surface area contributed by atoms with Gasteiger partial charge in [0.1, 0.15) is 5.69 Å². The summed E-state index contributed by atoms with van der Waals surface area (Å²) >= 11 is 0. The average molecular weight is 347 g/mol. The maximum atomic E-state index is 12.2. The molecule has 1 aliphatic carbocycles. The minimum Gasteiger partial charge on any atom is -0.449 e. The van der Waals surface area contributed by atoms with Crippen molar-refractivity contribution in [3.8, 4) is 0 Å². The molecule has 1 heterocycles. The Morgan fingerprint density at radius 3 is 2.60 bits per heavy atom. The van der Waals surface area contributed by atoms with Crippen molar-refractivity contribution in [2.45, 2.75) is 44.8 Å². The maximum absolute atomic E-state index is 12.2. The summed E-state index contributed by atoms with van der Waals surface area (Å²) in [5.74, 6) is -1.09. The summed E-state index contributed by atoms with van der Waals surface area (Å²) in [5.41, 5.74) is 0.464. The first-order chi connectivity index (χ1) is 12.0. The van der Waals surface area contributed by atoms with E-state index in [1.54, 1.807) is 6.07 Å². The minimum atomic E-state index is -0.939. The van der Waals surface area contributed by atoms with Crippen molar-refractivity contribution >= 4 is 23.3 Å². The molecule has 1 atom stereocenters. The first kappa shape index (κ1) is 17.2. The number of ether oxygens (including phenoxy) is 1. The number of nitro groups is 1. The summed E-state index contributed by atoms with van der Waals surface area (Å²) in [4.78, 5) is 36.9. The van der Waals surface area contributed by atoms with Crippen LogP contribution in [-0.2, 0) is 9.53 Å². The Labute approximate surface area is 145 Å². The van der Waals surface area contributed by atoms with E-state index in [4.69, 9.17) is 4.74 Å². The summed E-state index contributed by atoms with van der Waals surface area (Å²) in [7, 11) is 0. The number of nitrogens with one attached hydrogen (secondary N) is 1. The number of esters is 1. The highest BCUT2D eigenvalue weighted by Crippen LogP contribution is 2.32. The van der Waals surface area contributed by atoms with E-state index in [0.29, 0.717) is 5.69 Å². The van der Waals surface area contributed by atoms with Gasteiger partial charge in [-0.1, -0.05) is 0 Å². The Morgan fingerprint density at radius 2 is 2.00 bits per heavy atom. The molecule has 1 saturated heterocycles. The fraction of sp³-hybridized carbons (Fsp3) is 0.529. The van der Waals surface area contributed by atoms with Gasteiger partial charge < -0.3 is 15.0 Å². The highest BCUT2D eigenvalue weighted by atomic mass is 16.6. The lowest BCUT2D eigenvalue weighted by molar-refractivity contribution is -0.384. The molecule has 0 bridgehead atoms. The zero-order valence-corrected chi connectivity index (χ0v) is 14.1. The van der Waals surface area contributed by atoms with E-state index in [1.807, 2.05) is 4.90 Å². The van der Waals surface area contributed by atoms with Crippen LogP contribution < -0.4 is 10.2 Å². The molecule has 134 valence electrons. The first-order valence-electron chi connectivity index (χ1n) is 8.50. The van der Waals surface area contributed by atoms with Crippen LogP contribution in [0.1, 0.15) is 43.0 Å². The zero-order valence-electron chi connectivity index (χ0n) is 14.1. The SMILES string of the molecule is CC(OC(=O)c1ccc(N2CCCC2)c([N+](=O)[O-])c1)C(=O)NC1CC1. The third kappa shape index (κ3) is 4.07. The number of rotatable bonds is 6. The van der Waals surface area contributed by atoms with E-state index in [-0.39, 0.29) is 23.2 Å². The molecule has 1 saturated carbocycles. The second-order valence-corrected chi connectivity index (χ2v) is 6.49. The molecule has 1 N–H and O–H groups in total. The van der Waals surface area contributed by atoms with Gasteiger partial charge in [-0.15, -0.1) is 0 Å². The minimum absolute atomic E-state index is 0.0701. The van der Waals surface area contributed by atoms with Crippen LogP contribution in [0.25, 0.3) is 0 Å². The first-order valence-corrected chi connectivity index (χ1v) is 8.50. The highest BCUT2D eigenvalue weighted by molar-refractivity contribution is 5.93. The number of benzene rings is 1. The van der Waals surface area contributed by atoms with E-state index in [9.17, 15) is 19.7 Å². The number of nitro benzene ring substituents is 1. The fourth-order valence-electron chi connectivity index (χ4n) is 2.85. The van der Waals surface area contributed by atoms with E-state index in [1.165, 1.54) is 19.1 Å². The number of amides is 1. The van der Waals surface area contributed by atoms with Gasteiger partial charge in [-0.05, 0) is 44.7 Å². The third-order valence-corrected chi connectivity index (χ3v) is 4.43. The molecule has 1 aromatic carbocycles. The van der Waals surface area contributed by atoms with Crippen LogP contribution in [0, 0.1) is 10.1 Å². The second kappa shape index (κ2) is 7.08. The van der Waals surface area contributed by atoms with Crippen molar-refractivity contribution in [3.63, 3.8) is 0 Å². The van der Waals surface area contributed by atoms with E-state index in [2.05, 4.69) is 5.32 Å². The number of hydrogen-bond donors (Lipinski definition) is 1. The Balaban J connectivity index is 1.72. The van der Waals surface area contributed by atoms with Crippen LogP contribution in [0.3, 0.4) is 0 Å². The summed E-state index contributed by atoms with van der Waals surface area (Å²) in [6.45, 7) is 3.02. The number of anilines is 1. The fourth-order valence-corrected chi connectivity index (χ4v) is 2.85. The van der Waals surface area contributed by atoms with E-state index < -0.39 is 17.0 Å². The Kier molecular flexibility index (Phi) is 4.87. The van der Waals surface area contributed by atoms with Gasteiger partial charge in [0.05, 0.1) is 10.5 Å². The van der Waals surface area contributed by atoms with Crippen molar-refractivity contribution in [1.82, 2.24) is 5.32 Å². The van der Waals surface area contributed by atoms with Crippen molar-refractivity contribution < 1.29 is 19.2 Å². The second-order valence-electron chi connectivity index (χ2n) is 6.49. The lowest BCUT2D eigenvalue weighted by atomic mass is 10.1. The molecule has 0 radical (unpaired) electrons. The summed E-state index contributed by atoms with van der Waals surface area (Å²) < 4.78 is 5.14.